The van der Waals surface area contributed by atoms with Gasteiger partial charge in [0.25, 0.3) is 0 Å². The molecule has 1 N–H and O–H groups in total. The van der Waals surface area contributed by atoms with Crippen molar-refractivity contribution in [1.82, 2.24) is 19.5 Å². The third kappa shape index (κ3) is 2.86. The van der Waals surface area contributed by atoms with Crippen LogP contribution in [0.5, 0.6) is 0 Å². The zero-order valence-corrected chi connectivity index (χ0v) is 12.5. The average Bonchev–Trinajstić information content (AvgIpc) is 2.93. The molecule has 0 spiro atoms. The first-order chi connectivity index (χ1) is 10.7. The number of halogens is 2. The van der Waals surface area contributed by atoms with Gasteiger partial charge >= 0.3 is 0 Å². The Morgan fingerprint density at radius 3 is 2.95 bits per heavy atom. The van der Waals surface area contributed by atoms with Crippen LogP contribution in [-0.2, 0) is 11.3 Å². The van der Waals surface area contributed by atoms with Gasteiger partial charge in [-0.2, -0.15) is 0 Å². The molecule has 0 unspecified atom stereocenters. The van der Waals surface area contributed by atoms with E-state index in [2.05, 4.69) is 20.3 Å². The number of nitrogens with zero attached hydrogens (tertiary/aromatic N) is 4. The molecule has 0 radical (unpaired) electrons. The Balaban J connectivity index is 1.93. The predicted molar refractivity (Wildman–Crippen MR) is 81.9 cm³/mol. The lowest BCUT2D eigenvalue weighted by molar-refractivity contribution is 0.188. The first kappa shape index (κ1) is 14.7. The number of hydrogen-bond acceptors (Lipinski definition) is 5. The van der Waals surface area contributed by atoms with Crippen molar-refractivity contribution in [2.45, 2.75) is 6.54 Å². The topological polar surface area (TPSA) is 64.9 Å². The second-order valence-corrected chi connectivity index (χ2v) is 4.99. The van der Waals surface area contributed by atoms with Gasteiger partial charge in [-0.25, -0.2) is 19.3 Å². The van der Waals surface area contributed by atoms with E-state index in [0.717, 1.165) is 0 Å². The fraction of sp³-hybridized carbons (Fsp3) is 0.214. The summed E-state index contributed by atoms with van der Waals surface area (Å²) in [5, 5.41) is 3.12. The number of nitrogens with one attached hydrogen (secondary N) is 1. The SMILES string of the molecule is COCCn1cnc2c(Nc3ccc(F)c(Cl)c3)ncnc21. The van der Waals surface area contributed by atoms with Crippen molar-refractivity contribution in [3.05, 3.63) is 41.7 Å². The molecule has 2 aromatic heterocycles. The van der Waals surface area contributed by atoms with Crippen LogP contribution >= 0.6 is 11.6 Å². The Hall–Kier alpha value is -2.25. The highest BCUT2D eigenvalue weighted by Gasteiger charge is 2.11. The van der Waals surface area contributed by atoms with E-state index in [1.54, 1.807) is 19.5 Å². The molecule has 0 aliphatic carbocycles. The molecule has 0 saturated heterocycles. The number of benzene rings is 1. The highest BCUT2D eigenvalue weighted by molar-refractivity contribution is 6.31. The Morgan fingerprint density at radius 1 is 1.32 bits per heavy atom. The maximum Gasteiger partial charge on any atom is 0.165 e. The number of rotatable bonds is 5. The van der Waals surface area contributed by atoms with Crippen LogP contribution in [0.3, 0.4) is 0 Å². The van der Waals surface area contributed by atoms with E-state index >= 15 is 0 Å². The third-order valence-electron chi connectivity index (χ3n) is 3.12. The second-order valence-electron chi connectivity index (χ2n) is 4.58. The Labute approximate surface area is 130 Å². The van der Waals surface area contributed by atoms with Gasteiger partial charge in [0.05, 0.1) is 18.0 Å². The summed E-state index contributed by atoms with van der Waals surface area (Å²) in [4.78, 5) is 12.7. The minimum atomic E-state index is -0.469. The summed E-state index contributed by atoms with van der Waals surface area (Å²) in [5.41, 5.74) is 1.94. The van der Waals surface area contributed by atoms with Gasteiger partial charge in [-0.15, -0.1) is 0 Å². The fourth-order valence-electron chi connectivity index (χ4n) is 2.04. The lowest BCUT2D eigenvalue weighted by atomic mass is 10.3. The van der Waals surface area contributed by atoms with Crippen LogP contribution in [0.2, 0.25) is 5.02 Å². The van der Waals surface area contributed by atoms with Gasteiger partial charge in [0, 0.05) is 19.3 Å². The first-order valence-electron chi connectivity index (χ1n) is 6.56. The van der Waals surface area contributed by atoms with E-state index in [9.17, 15) is 4.39 Å². The van der Waals surface area contributed by atoms with Crippen molar-refractivity contribution >= 4 is 34.3 Å². The minimum Gasteiger partial charge on any atom is -0.383 e. The second kappa shape index (κ2) is 6.25. The molecule has 3 aromatic rings. The Morgan fingerprint density at radius 2 is 2.18 bits per heavy atom. The van der Waals surface area contributed by atoms with Gasteiger partial charge in [-0.1, -0.05) is 11.6 Å². The first-order valence-corrected chi connectivity index (χ1v) is 6.93. The molecular formula is C14H13ClFN5O. The van der Waals surface area contributed by atoms with Gasteiger partial charge in [0.15, 0.2) is 17.0 Å². The Bertz CT molecular complexity index is 807. The van der Waals surface area contributed by atoms with E-state index in [1.807, 2.05) is 4.57 Å². The van der Waals surface area contributed by atoms with E-state index in [4.69, 9.17) is 16.3 Å². The average molecular weight is 322 g/mol. The molecule has 0 atom stereocenters. The van der Waals surface area contributed by atoms with Gasteiger partial charge in [-0.05, 0) is 18.2 Å². The van der Waals surface area contributed by atoms with Crippen LogP contribution in [0.15, 0.2) is 30.9 Å². The van der Waals surface area contributed by atoms with Gasteiger partial charge in [0.2, 0.25) is 0 Å². The quantitative estimate of drug-likeness (QED) is 0.782. The maximum absolute atomic E-state index is 13.2. The van der Waals surface area contributed by atoms with Crippen molar-refractivity contribution in [3.63, 3.8) is 0 Å². The zero-order valence-electron chi connectivity index (χ0n) is 11.8. The molecule has 8 heteroatoms. The lowest BCUT2D eigenvalue weighted by Gasteiger charge is -2.07. The molecular weight excluding hydrogens is 309 g/mol. The summed E-state index contributed by atoms with van der Waals surface area (Å²) in [5.74, 6) is 0.0627. The largest absolute Gasteiger partial charge is 0.383 e. The highest BCUT2D eigenvalue weighted by atomic mass is 35.5. The molecule has 0 saturated carbocycles. The molecule has 6 nitrogen and oxygen atoms in total. The Kier molecular flexibility index (Phi) is 4.17. The van der Waals surface area contributed by atoms with E-state index in [1.165, 1.54) is 18.5 Å². The molecule has 2 heterocycles. The van der Waals surface area contributed by atoms with E-state index in [0.29, 0.717) is 35.8 Å². The fourth-order valence-corrected chi connectivity index (χ4v) is 2.22. The minimum absolute atomic E-state index is 0.0425. The monoisotopic (exact) mass is 321 g/mol. The number of imidazole rings is 1. The molecule has 0 amide bonds. The van der Waals surface area contributed by atoms with Gasteiger partial charge in [0.1, 0.15) is 12.1 Å². The lowest BCUT2D eigenvalue weighted by Crippen LogP contribution is -2.04. The van der Waals surface area contributed by atoms with E-state index in [-0.39, 0.29) is 5.02 Å². The number of anilines is 2. The van der Waals surface area contributed by atoms with Crippen molar-refractivity contribution < 1.29 is 9.13 Å². The number of hydrogen-bond donors (Lipinski definition) is 1. The number of fused-ring (bicyclic) bond motifs is 1. The van der Waals surface area contributed by atoms with Crippen LogP contribution < -0.4 is 5.32 Å². The van der Waals surface area contributed by atoms with Gasteiger partial charge in [-0.3, -0.25) is 0 Å². The third-order valence-corrected chi connectivity index (χ3v) is 3.41. The van der Waals surface area contributed by atoms with E-state index < -0.39 is 5.82 Å². The van der Waals surface area contributed by atoms with Crippen LogP contribution in [0.25, 0.3) is 11.2 Å². The number of methoxy groups -OCH3 is 1. The molecule has 0 aliphatic heterocycles. The summed E-state index contributed by atoms with van der Waals surface area (Å²) < 4.78 is 20.1. The van der Waals surface area contributed by atoms with Crippen LogP contribution in [-0.4, -0.2) is 33.2 Å². The molecule has 0 bridgehead atoms. The van der Waals surface area contributed by atoms with Crippen molar-refractivity contribution in [3.8, 4) is 0 Å². The van der Waals surface area contributed by atoms with Gasteiger partial charge < -0.3 is 14.6 Å². The van der Waals surface area contributed by atoms with Crippen molar-refractivity contribution in [1.29, 1.82) is 0 Å². The standard InChI is InChI=1S/C14H13ClFN5O/c1-22-5-4-21-8-19-12-13(17-7-18-14(12)21)20-9-2-3-11(16)10(15)6-9/h2-3,6-8H,4-5H2,1H3,(H,17,18,20). The molecule has 0 aliphatic rings. The number of aromatic nitrogens is 4. The van der Waals surface area contributed by atoms with Crippen LogP contribution in [0, 0.1) is 5.82 Å². The predicted octanol–water partition coefficient (Wildman–Crippen LogP) is 3.01. The highest BCUT2D eigenvalue weighted by Crippen LogP contribution is 2.25. The molecule has 3 rings (SSSR count). The van der Waals surface area contributed by atoms with Crippen molar-refractivity contribution in [2.75, 3.05) is 19.0 Å². The summed E-state index contributed by atoms with van der Waals surface area (Å²) >= 11 is 5.78. The zero-order chi connectivity index (χ0) is 15.5. The number of ether oxygens (including phenoxy) is 1. The summed E-state index contributed by atoms with van der Waals surface area (Å²) in [7, 11) is 1.64. The molecule has 0 fully saturated rings. The van der Waals surface area contributed by atoms with Crippen LogP contribution in [0.4, 0.5) is 15.9 Å². The molecule has 22 heavy (non-hydrogen) atoms. The maximum atomic E-state index is 13.2. The van der Waals surface area contributed by atoms with Crippen molar-refractivity contribution in [2.24, 2.45) is 0 Å². The summed E-state index contributed by atoms with van der Waals surface area (Å²) in [6.45, 7) is 1.21. The van der Waals surface area contributed by atoms with Crippen LogP contribution in [0.1, 0.15) is 0 Å². The summed E-state index contributed by atoms with van der Waals surface area (Å²) in [6.07, 6.45) is 3.13. The normalized spacial score (nSPS) is 11.0. The molecule has 1 aromatic carbocycles. The molecule has 114 valence electrons. The summed E-state index contributed by atoms with van der Waals surface area (Å²) in [6, 6.07) is 4.37. The smallest absolute Gasteiger partial charge is 0.165 e.